The van der Waals surface area contributed by atoms with Crippen molar-refractivity contribution in [3.63, 3.8) is 0 Å². The molecule has 6 nitrogen and oxygen atoms in total. The molecule has 108 valence electrons. The normalized spacial score (nSPS) is 20.4. The van der Waals surface area contributed by atoms with Gasteiger partial charge in [-0.05, 0) is 12.1 Å². The topological polar surface area (TPSA) is 61.4 Å². The van der Waals surface area contributed by atoms with Crippen LogP contribution >= 0.6 is 0 Å². The molecule has 1 amide bonds. The van der Waals surface area contributed by atoms with Gasteiger partial charge in [0, 0.05) is 32.2 Å². The van der Waals surface area contributed by atoms with E-state index >= 15 is 0 Å². The van der Waals surface area contributed by atoms with Gasteiger partial charge >= 0.3 is 0 Å². The Balaban J connectivity index is 1.45. The van der Waals surface area contributed by atoms with Gasteiger partial charge in [-0.25, -0.2) is 4.98 Å². The molecule has 0 bridgehead atoms. The summed E-state index contributed by atoms with van der Waals surface area (Å²) < 4.78 is 0. The molecule has 2 saturated heterocycles. The van der Waals surface area contributed by atoms with Gasteiger partial charge in [0.2, 0.25) is 5.91 Å². The van der Waals surface area contributed by atoms with Crippen LogP contribution in [-0.4, -0.2) is 59.5 Å². The molecule has 6 heteroatoms. The number of amides is 1. The second kappa shape index (κ2) is 4.96. The van der Waals surface area contributed by atoms with Crippen molar-refractivity contribution in [2.75, 3.05) is 37.6 Å². The number of benzene rings is 1. The van der Waals surface area contributed by atoms with Crippen LogP contribution in [0.3, 0.4) is 0 Å². The molecule has 1 aromatic carbocycles. The van der Waals surface area contributed by atoms with E-state index in [1.807, 2.05) is 30.5 Å². The van der Waals surface area contributed by atoms with Crippen molar-refractivity contribution in [2.24, 2.45) is 0 Å². The van der Waals surface area contributed by atoms with Crippen molar-refractivity contribution in [3.05, 3.63) is 30.5 Å². The summed E-state index contributed by atoms with van der Waals surface area (Å²) in [6.45, 7) is 4.04. The van der Waals surface area contributed by atoms with E-state index in [0.29, 0.717) is 12.6 Å². The Morgan fingerprint density at radius 2 is 2.00 bits per heavy atom. The van der Waals surface area contributed by atoms with Gasteiger partial charge in [0.05, 0.1) is 23.8 Å². The van der Waals surface area contributed by atoms with Crippen LogP contribution in [0.4, 0.5) is 5.82 Å². The zero-order valence-corrected chi connectivity index (χ0v) is 11.7. The third-order valence-corrected chi connectivity index (χ3v) is 4.21. The summed E-state index contributed by atoms with van der Waals surface area (Å²) in [5.74, 6) is 1.05. The Kier molecular flexibility index (Phi) is 2.96. The Labute approximate surface area is 122 Å². The van der Waals surface area contributed by atoms with Crippen LogP contribution in [-0.2, 0) is 4.79 Å². The van der Waals surface area contributed by atoms with E-state index in [-0.39, 0.29) is 5.91 Å². The first-order valence-corrected chi connectivity index (χ1v) is 7.27. The lowest BCUT2D eigenvalue weighted by atomic mass is 10.1. The number of hydrogen-bond donors (Lipinski definition) is 1. The lowest BCUT2D eigenvalue weighted by Gasteiger charge is -2.46. The molecule has 0 spiro atoms. The summed E-state index contributed by atoms with van der Waals surface area (Å²) in [6.07, 6.45) is 1.83. The maximum absolute atomic E-state index is 11.4. The molecule has 21 heavy (non-hydrogen) atoms. The van der Waals surface area contributed by atoms with E-state index in [0.717, 1.165) is 43.0 Å². The fourth-order valence-electron chi connectivity index (χ4n) is 2.94. The van der Waals surface area contributed by atoms with Crippen molar-refractivity contribution in [1.82, 2.24) is 20.2 Å². The highest BCUT2D eigenvalue weighted by atomic mass is 16.2. The van der Waals surface area contributed by atoms with Gasteiger partial charge in [0.25, 0.3) is 0 Å². The van der Waals surface area contributed by atoms with Crippen LogP contribution in [0.5, 0.6) is 0 Å². The number of aromatic nitrogens is 2. The Morgan fingerprint density at radius 3 is 2.81 bits per heavy atom. The number of nitrogens with zero attached hydrogens (tertiary/aromatic N) is 4. The van der Waals surface area contributed by atoms with Gasteiger partial charge in [-0.15, -0.1) is 0 Å². The summed E-state index contributed by atoms with van der Waals surface area (Å²) in [7, 11) is 0. The van der Waals surface area contributed by atoms with E-state index < -0.39 is 0 Å². The number of para-hydroxylation sites is 2. The van der Waals surface area contributed by atoms with Crippen molar-refractivity contribution in [1.29, 1.82) is 0 Å². The van der Waals surface area contributed by atoms with Crippen molar-refractivity contribution in [2.45, 2.75) is 6.04 Å². The second-order valence-corrected chi connectivity index (χ2v) is 5.60. The largest absolute Gasteiger partial charge is 0.354 e. The predicted molar refractivity (Wildman–Crippen MR) is 80.1 cm³/mol. The van der Waals surface area contributed by atoms with Gasteiger partial charge in [0.1, 0.15) is 5.82 Å². The summed E-state index contributed by atoms with van der Waals surface area (Å²) in [6, 6.07) is 8.35. The first-order chi connectivity index (χ1) is 10.3. The minimum atomic E-state index is 0.130. The standard InChI is InChI=1S/C15H17N5O/c21-15-10-19(6-5-16-15)11-8-20(9-11)14-7-17-12-3-1-2-4-13(12)18-14/h1-4,7,11H,5-6,8-10H2,(H,16,21). The van der Waals surface area contributed by atoms with Gasteiger partial charge in [-0.1, -0.05) is 12.1 Å². The van der Waals surface area contributed by atoms with Crippen LogP contribution in [0.15, 0.2) is 30.5 Å². The van der Waals surface area contributed by atoms with Gasteiger partial charge in [-0.2, -0.15) is 0 Å². The SMILES string of the molecule is O=C1CN(C2CN(c3cnc4ccccc4n3)C2)CCN1. The van der Waals surface area contributed by atoms with E-state index in [2.05, 4.69) is 25.1 Å². The van der Waals surface area contributed by atoms with E-state index in [9.17, 15) is 4.79 Å². The van der Waals surface area contributed by atoms with E-state index in [4.69, 9.17) is 0 Å². The highest BCUT2D eigenvalue weighted by molar-refractivity contribution is 5.79. The average Bonchev–Trinajstić information content (AvgIpc) is 2.46. The molecular formula is C15H17N5O. The first-order valence-electron chi connectivity index (χ1n) is 7.27. The van der Waals surface area contributed by atoms with E-state index in [1.54, 1.807) is 0 Å². The number of nitrogens with one attached hydrogen (secondary N) is 1. The average molecular weight is 283 g/mol. The zero-order valence-electron chi connectivity index (χ0n) is 11.7. The van der Waals surface area contributed by atoms with E-state index in [1.165, 1.54) is 0 Å². The third kappa shape index (κ3) is 2.31. The molecule has 0 radical (unpaired) electrons. The molecule has 0 saturated carbocycles. The summed E-state index contributed by atoms with van der Waals surface area (Å²) in [5, 5.41) is 2.86. The Hall–Kier alpha value is -2.21. The highest BCUT2D eigenvalue weighted by Gasteiger charge is 2.34. The number of carbonyl (C=O) groups is 1. The molecule has 0 aliphatic carbocycles. The number of rotatable bonds is 2. The Bertz CT molecular complexity index is 683. The quantitative estimate of drug-likeness (QED) is 0.856. The lowest BCUT2D eigenvalue weighted by Crippen LogP contribution is -2.64. The van der Waals surface area contributed by atoms with Crippen LogP contribution in [0.25, 0.3) is 11.0 Å². The number of fused-ring (bicyclic) bond motifs is 1. The smallest absolute Gasteiger partial charge is 0.234 e. The lowest BCUT2D eigenvalue weighted by molar-refractivity contribution is -0.125. The summed E-state index contributed by atoms with van der Waals surface area (Å²) in [4.78, 5) is 25.0. The fourth-order valence-corrected chi connectivity index (χ4v) is 2.94. The van der Waals surface area contributed by atoms with Gasteiger partial charge < -0.3 is 10.2 Å². The highest BCUT2D eigenvalue weighted by Crippen LogP contribution is 2.23. The molecule has 3 heterocycles. The monoisotopic (exact) mass is 283 g/mol. The molecular weight excluding hydrogens is 266 g/mol. The Morgan fingerprint density at radius 1 is 1.19 bits per heavy atom. The number of anilines is 1. The molecule has 4 rings (SSSR count). The molecule has 1 N–H and O–H groups in total. The minimum absolute atomic E-state index is 0.130. The number of piperazine rings is 1. The van der Waals surface area contributed by atoms with Crippen molar-refractivity contribution >= 4 is 22.8 Å². The summed E-state index contributed by atoms with van der Waals surface area (Å²) in [5.41, 5.74) is 1.85. The van der Waals surface area contributed by atoms with Crippen molar-refractivity contribution in [3.8, 4) is 0 Å². The molecule has 2 aliphatic heterocycles. The van der Waals surface area contributed by atoms with Gasteiger partial charge in [0.15, 0.2) is 0 Å². The molecule has 2 aromatic rings. The second-order valence-electron chi connectivity index (χ2n) is 5.60. The molecule has 2 aliphatic rings. The van der Waals surface area contributed by atoms with Crippen LogP contribution in [0.1, 0.15) is 0 Å². The van der Waals surface area contributed by atoms with Crippen molar-refractivity contribution < 1.29 is 4.79 Å². The van der Waals surface area contributed by atoms with Gasteiger partial charge in [-0.3, -0.25) is 14.7 Å². The van der Waals surface area contributed by atoms with Crippen LogP contribution < -0.4 is 10.2 Å². The maximum Gasteiger partial charge on any atom is 0.234 e. The molecule has 2 fully saturated rings. The van der Waals surface area contributed by atoms with Crippen LogP contribution in [0, 0.1) is 0 Å². The predicted octanol–water partition coefficient (Wildman–Crippen LogP) is 0.250. The zero-order chi connectivity index (χ0) is 14.2. The molecule has 0 unspecified atom stereocenters. The summed E-state index contributed by atoms with van der Waals surface area (Å²) >= 11 is 0. The fraction of sp³-hybridized carbons (Fsp3) is 0.400. The maximum atomic E-state index is 11.4. The van der Waals surface area contributed by atoms with Crippen LogP contribution in [0.2, 0.25) is 0 Å². The molecule has 1 aromatic heterocycles. The molecule has 0 atom stereocenters. The first kappa shape index (κ1) is 12.5. The number of carbonyl (C=O) groups excluding carboxylic acids is 1. The number of hydrogen-bond acceptors (Lipinski definition) is 5. The third-order valence-electron chi connectivity index (χ3n) is 4.21. The minimum Gasteiger partial charge on any atom is -0.354 e.